The summed E-state index contributed by atoms with van der Waals surface area (Å²) in [5.74, 6) is -0.959. The third-order valence-corrected chi connectivity index (χ3v) is 1.77. The monoisotopic (exact) mass is 265 g/mol. The zero-order valence-electron chi connectivity index (χ0n) is 5.57. The van der Waals surface area contributed by atoms with Crippen molar-refractivity contribution in [1.82, 2.24) is 9.55 Å². The lowest BCUT2D eigenvalue weighted by Crippen LogP contribution is -2.13. The SMILES string of the molecule is [CH2]C(C(=O)O)n1cnc(I)c1. The van der Waals surface area contributed by atoms with Crippen LogP contribution in [0.4, 0.5) is 0 Å². The normalized spacial score (nSPS) is 12.9. The van der Waals surface area contributed by atoms with Crippen LogP contribution in [0.3, 0.4) is 0 Å². The lowest BCUT2D eigenvalue weighted by Gasteiger charge is -2.04. The van der Waals surface area contributed by atoms with E-state index < -0.39 is 12.0 Å². The summed E-state index contributed by atoms with van der Waals surface area (Å²) in [5, 5.41) is 8.53. The van der Waals surface area contributed by atoms with Crippen molar-refractivity contribution >= 4 is 28.6 Å². The van der Waals surface area contributed by atoms with E-state index in [1.807, 2.05) is 22.6 Å². The molecule has 1 heterocycles. The summed E-state index contributed by atoms with van der Waals surface area (Å²) in [6, 6.07) is -0.786. The van der Waals surface area contributed by atoms with E-state index in [-0.39, 0.29) is 0 Å². The Bertz CT molecular complexity index is 271. The van der Waals surface area contributed by atoms with Crippen LogP contribution in [0.5, 0.6) is 0 Å². The molecule has 59 valence electrons. The molecule has 0 spiro atoms. The third kappa shape index (κ3) is 1.92. The molecule has 0 saturated carbocycles. The van der Waals surface area contributed by atoms with Gasteiger partial charge in [-0.25, -0.2) is 9.78 Å². The molecule has 0 aliphatic carbocycles. The van der Waals surface area contributed by atoms with Gasteiger partial charge in [0, 0.05) is 6.20 Å². The van der Waals surface area contributed by atoms with Crippen LogP contribution >= 0.6 is 22.6 Å². The maximum absolute atomic E-state index is 10.4. The largest absolute Gasteiger partial charge is 0.480 e. The van der Waals surface area contributed by atoms with Crippen molar-refractivity contribution in [2.24, 2.45) is 0 Å². The van der Waals surface area contributed by atoms with Gasteiger partial charge in [0.2, 0.25) is 0 Å². The Morgan fingerprint density at radius 3 is 2.91 bits per heavy atom. The van der Waals surface area contributed by atoms with E-state index in [2.05, 4.69) is 11.9 Å². The van der Waals surface area contributed by atoms with E-state index in [1.54, 1.807) is 6.20 Å². The van der Waals surface area contributed by atoms with Gasteiger partial charge in [-0.15, -0.1) is 0 Å². The number of imidazole rings is 1. The first kappa shape index (κ1) is 8.51. The van der Waals surface area contributed by atoms with Crippen LogP contribution in [-0.2, 0) is 4.79 Å². The Morgan fingerprint density at radius 2 is 2.55 bits per heavy atom. The van der Waals surface area contributed by atoms with E-state index in [1.165, 1.54) is 10.9 Å². The third-order valence-electron chi connectivity index (χ3n) is 1.21. The summed E-state index contributed by atoms with van der Waals surface area (Å²) < 4.78 is 2.21. The van der Waals surface area contributed by atoms with Gasteiger partial charge in [-0.3, -0.25) is 0 Å². The zero-order chi connectivity index (χ0) is 8.43. The van der Waals surface area contributed by atoms with Crippen LogP contribution in [0.2, 0.25) is 0 Å². The van der Waals surface area contributed by atoms with E-state index in [0.29, 0.717) is 0 Å². The molecule has 0 aromatic carbocycles. The van der Waals surface area contributed by atoms with Crippen LogP contribution in [-0.4, -0.2) is 20.6 Å². The quantitative estimate of drug-likeness (QED) is 0.810. The molecule has 0 aliphatic rings. The number of nitrogens with zero attached hydrogens (tertiary/aromatic N) is 2. The topological polar surface area (TPSA) is 55.1 Å². The number of hydrogen-bond donors (Lipinski definition) is 1. The zero-order valence-corrected chi connectivity index (χ0v) is 7.72. The molecule has 5 heteroatoms. The molecule has 1 unspecified atom stereocenters. The molecular formula is C6H6IN2O2. The van der Waals surface area contributed by atoms with Crippen LogP contribution in [0.15, 0.2) is 12.5 Å². The first-order valence-corrected chi connectivity index (χ1v) is 3.94. The molecule has 11 heavy (non-hydrogen) atoms. The fourth-order valence-corrected chi connectivity index (χ4v) is 1.06. The predicted molar refractivity (Wildman–Crippen MR) is 47.0 cm³/mol. The minimum absolute atomic E-state index is 0.762. The molecule has 1 aromatic heterocycles. The van der Waals surface area contributed by atoms with Crippen molar-refractivity contribution in [3.05, 3.63) is 23.1 Å². The van der Waals surface area contributed by atoms with Gasteiger partial charge in [-0.05, 0) is 29.5 Å². The maximum atomic E-state index is 10.4. The Hall–Kier alpha value is -0.590. The van der Waals surface area contributed by atoms with Gasteiger partial charge >= 0.3 is 5.97 Å². The molecular weight excluding hydrogens is 259 g/mol. The molecule has 0 bridgehead atoms. The summed E-state index contributed by atoms with van der Waals surface area (Å²) in [6.07, 6.45) is 3.08. The molecule has 4 nitrogen and oxygen atoms in total. The molecule has 1 radical (unpaired) electrons. The Labute approximate surface area is 77.4 Å². The van der Waals surface area contributed by atoms with Crippen molar-refractivity contribution in [3.8, 4) is 0 Å². The summed E-state index contributed by atoms with van der Waals surface area (Å²) in [7, 11) is 0. The summed E-state index contributed by atoms with van der Waals surface area (Å²) in [5.41, 5.74) is 0. The molecule has 1 aromatic rings. The Kier molecular flexibility index (Phi) is 2.48. The van der Waals surface area contributed by atoms with Crippen molar-refractivity contribution in [2.45, 2.75) is 6.04 Å². The first-order chi connectivity index (χ1) is 5.11. The summed E-state index contributed by atoms with van der Waals surface area (Å²) in [6.45, 7) is 3.44. The highest BCUT2D eigenvalue weighted by Gasteiger charge is 2.12. The van der Waals surface area contributed by atoms with Gasteiger partial charge in [0.15, 0.2) is 0 Å². The highest BCUT2D eigenvalue weighted by Crippen LogP contribution is 2.07. The van der Waals surface area contributed by atoms with Crippen molar-refractivity contribution < 1.29 is 9.90 Å². The average molecular weight is 265 g/mol. The van der Waals surface area contributed by atoms with Gasteiger partial charge < -0.3 is 9.67 Å². The highest BCUT2D eigenvalue weighted by molar-refractivity contribution is 14.1. The first-order valence-electron chi connectivity index (χ1n) is 2.86. The number of carboxylic acids is 1. The fourth-order valence-electron chi connectivity index (χ4n) is 0.609. The van der Waals surface area contributed by atoms with E-state index in [4.69, 9.17) is 5.11 Å². The number of aromatic nitrogens is 2. The Morgan fingerprint density at radius 1 is 1.91 bits per heavy atom. The molecule has 1 N–H and O–H groups in total. The lowest BCUT2D eigenvalue weighted by molar-refractivity contribution is -0.139. The van der Waals surface area contributed by atoms with Gasteiger partial charge in [0.1, 0.15) is 9.74 Å². The molecule has 0 saturated heterocycles. The average Bonchev–Trinajstić information content (AvgIpc) is 2.34. The van der Waals surface area contributed by atoms with Crippen LogP contribution in [0.1, 0.15) is 6.04 Å². The maximum Gasteiger partial charge on any atom is 0.326 e. The number of aliphatic carboxylic acids is 1. The van der Waals surface area contributed by atoms with Gasteiger partial charge in [0.05, 0.1) is 6.33 Å². The van der Waals surface area contributed by atoms with Gasteiger partial charge in [0.25, 0.3) is 0 Å². The van der Waals surface area contributed by atoms with Gasteiger partial charge in [-0.1, -0.05) is 0 Å². The second-order valence-corrected chi connectivity index (χ2v) is 3.10. The summed E-state index contributed by atoms with van der Waals surface area (Å²) >= 11 is 2.00. The number of hydrogen-bond acceptors (Lipinski definition) is 2. The summed E-state index contributed by atoms with van der Waals surface area (Å²) in [4.78, 5) is 14.3. The van der Waals surface area contributed by atoms with E-state index in [0.717, 1.165) is 3.70 Å². The van der Waals surface area contributed by atoms with Crippen LogP contribution < -0.4 is 0 Å². The van der Waals surface area contributed by atoms with Gasteiger partial charge in [-0.2, -0.15) is 0 Å². The molecule has 0 aliphatic heterocycles. The van der Waals surface area contributed by atoms with Crippen molar-refractivity contribution in [3.63, 3.8) is 0 Å². The molecule has 0 amide bonds. The second-order valence-electron chi connectivity index (χ2n) is 2.00. The minimum atomic E-state index is -0.959. The number of rotatable bonds is 2. The second kappa shape index (κ2) is 3.21. The van der Waals surface area contributed by atoms with Crippen LogP contribution in [0.25, 0.3) is 0 Å². The van der Waals surface area contributed by atoms with E-state index >= 15 is 0 Å². The standard InChI is InChI=1S/C6H6IN2O2/c1-4(6(10)11)9-2-5(7)8-3-9/h2-4H,1H2,(H,10,11). The van der Waals surface area contributed by atoms with Crippen molar-refractivity contribution in [2.75, 3.05) is 0 Å². The minimum Gasteiger partial charge on any atom is -0.480 e. The number of halogens is 1. The predicted octanol–water partition coefficient (Wildman–Crippen LogP) is 0.947. The highest BCUT2D eigenvalue weighted by atomic mass is 127. The number of carbonyl (C=O) groups is 1. The van der Waals surface area contributed by atoms with Crippen LogP contribution in [0, 0.1) is 10.6 Å². The smallest absolute Gasteiger partial charge is 0.326 e. The molecule has 1 atom stereocenters. The van der Waals surface area contributed by atoms with Crippen molar-refractivity contribution in [1.29, 1.82) is 0 Å². The van der Waals surface area contributed by atoms with E-state index in [9.17, 15) is 4.79 Å². The molecule has 1 rings (SSSR count). The number of carboxylic acid groups (broad SMARTS) is 1. The fraction of sp³-hybridized carbons (Fsp3) is 0.167. The lowest BCUT2D eigenvalue weighted by atomic mass is 10.3. The Balaban J connectivity index is 2.84. The molecule has 0 fully saturated rings.